The molecule has 0 fully saturated rings. The molecule has 0 aromatic carbocycles. The van der Waals surface area contributed by atoms with Crippen molar-refractivity contribution in [3.63, 3.8) is 0 Å². The molecule has 80 valence electrons. The fraction of sp³-hybridized carbons (Fsp3) is 0.400. The topological polar surface area (TPSA) is 46.0 Å². The van der Waals surface area contributed by atoms with E-state index in [0.29, 0.717) is 0 Å². The van der Waals surface area contributed by atoms with Crippen LogP contribution in [0.5, 0.6) is 0 Å². The fourth-order valence-corrected chi connectivity index (χ4v) is 2.94. The average Bonchev–Trinajstić information content (AvgIpc) is 2.76. The molecule has 0 amide bonds. The van der Waals surface area contributed by atoms with Gasteiger partial charge in [0.1, 0.15) is 0 Å². The van der Waals surface area contributed by atoms with Crippen LogP contribution in [-0.2, 0) is 6.42 Å². The molecular weight excluding hydrogens is 228 g/mol. The Labute approximate surface area is 96.5 Å². The molecule has 1 atom stereocenters. The van der Waals surface area contributed by atoms with Gasteiger partial charge in [-0.1, -0.05) is 0 Å². The molecule has 0 aliphatic carbocycles. The maximum Gasteiger partial charge on any atom is 0.0996 e. The lowest BCUT2D eigenvalue weighted by atomic mass is 10.4. The van der Waals surface area contributed by atoms with Gasteiger partial charge in [0.2, 0.25) is 0 Å². The van der Waals surface area contributed by atoms with E-state index >= 15 is 0 Å². The van der Waals surface area contributed by atoms with Crippen LogP contribution in [0.15, 0.2) is 11.6 Å². The largest absolute Gasteiger partial charge is 0.388 e. The van der Waals surface area contributed by atoms with E-state index in [1.54, 1.807) is 35.8 Å². The third kappa shape index (κ3) is 2.62. The number of rotatable bonds is 3. The summed E-state index contributed by atoms with van der Waals surface area (Å²) in [6.07, 6.45) is 2.09. The molecule has 0 bridgehead atoms. The summed E-state index contributed by atoms with van der Waals surface area (Å²) in [7, 11) is 0. The molecule has 1 N–H and O–H groups in total. The molecule has 2 aromatic rings. The van der Waals surface area contributed by atoms with Gasteiger partial charge in [0, 0.05) is 17.3 Å². The third-order valence-corrected chi connectivity index (χ3v) is 4.09. The number of aryl methyl sites for hydroxylation is 1. The number of nitrogens with zero attached hydrogens (tertiary/aromatic N) is 2. The van der Waals surface area contributed by atoms with Crippen LogP contribution >= 0.6 is 22.7 Å². The molecule has 2 rings (SSSR count). The van der Waals surface area contributed by atoms with Gasteiger partial charge in [-0.05, 0) is 13.8 Å². The number of aliphatic hydroxyl groups is 1. The minimum Gasteiger partial charge on any atom is -0.388 e. The molecule has 1 unspecified atom stereocenters. The fourth-order valence-electron chi connectivity index (χ4n) is 1.21. The molecule has 0 spiro atoms. The zero-order chi connectivity index (χ0) is 10.8. The van der Waals surface area contributed by atoms with Crippen LogP contribution in [0, 0.1) is 6.92 Å². The van der Waals surface area contributed by atoms with Crippen molar-refractivity contribution in [1.29, 1.82) is 0 Å². The van der Waals surface area contributed by atoms with Crippen LogP contribution in [0.4, 0.5) is 0 Å². The van der Waals surface area contributed by atoms with E-state index in [0.717, 1.165) is 27.0 Å². The summed E-state index contributed by atoms with van der Waals surface area (Å²) in [5, 5.41) is 13.5. The second-order valence-electron chi connectivity index (χ2n) is 3.39. The van der Waals surface area contributed by atoms with E-state index in [9.17, 15) is 5.11 Å². The lowest BCUT2D eigenvalue weighted by Gasteiger charge is -1.95. The van der Waals surface area contributed by atoms with Crippen molar-refractivity contribution in [2.75, 3.05) is 0 Å². The van der Waals surface area contributed by atoms with Gasteiger partial charge >= 0.3 is 0 Å². The first-order valence-corrected chi connectivity index (χ1v) is 6.38. The first-order valence-electron chi connectivity index (χ1n) is 4.69. The van der Waals surface area contributed by atoms with Gasteiger partial charge in [-0.3, -0.25) is 0 Å². The molecule has 5 heteroatoms. The molecular formula is C10H12N2OS2. The molecule has 0 aliphatic rings. The monoisotopic (exact) mass is 240 g/mol. The van der Waals surface area contributed by atoms with E-state index in [-0.39, 0.29) is 0 Å². The Bertz CT molecular complexity index is 448. The number of hydrogen-bond acceptors (Lipinski definition) is 5. The van der Waals surface area contributed by atoms with Crippen LogP contribution in [0.25, 0.3) is 0 Å². The van der Waals surface area contributed by atoms with Crippen molar-refractivity contribution in [2.45, 2.75) is 26.4 Å². The van der Waals surface area contributed by atoms with Crippen LogP contribution in [-0.4, -0.2) is 15.1 Å². The van der Waals surface area contributed by atoms with Crippen molar-refractivity contribution >= 4 is 22.7 Å². The summed E-state index contributed by atoms with van der Waals surface area (Å²) >= 11 is 3.21. The first-order chi connectivity index (χ1) is 7.15. The Morgan fingerprint density at radius 1 is 1.47 bits per heavy atom. The SMILES string of the molecule is Cc1csc(Cc2ncc(C(C)O)s2)n1. The molecule has 2 aromatic heterocycles. The minimum absolute atomic E-state index is 0.422. The summed E-state index contributed by atoms with van der Waals surface area (Å²) in [4.78, 5) is 9.57. The molecule has 0 aliphatic heterocycles. The van der Waals surface area contributed by atoms with Crippen molar-refractivity contribution in [3.8, 4) is 0 Å². The number of hydrogen-bond donors (Lipinski definition) is 1. The quantitative estimate of drug-likeness (QED) is 0.896. The highest BCUT2D eigenvalue weighted by Gasteiger charge is 2.08. The second-order valence-corrected chi connectivity index (χ2v) is 5.48. The average molecular weight is 240 g/mol. The number of thiazole rings is 2. The van der Waals surface area contributed by atoms with Crippen molar-refractivity contribution < 1.29 is 5.11 Å². The van der Waals surface area contributed by atoms with Gasteiger partial charge in [-0.2, -0.15) is 0 Å². The third-order valence-electron chi connectivity index (χ3n) is 1.95. The molecule has 15 heavy (non-hydrogen) atoms. The van der Waals surface area contributed by atoms with Crippen molar-refractivity contribution in [1.82, 2.24) is 9.97 Å². The standard InChI is InChI=1S/C10H12N2OS2/c1-6-5-14-10(12-6)3-9-11-4-8(15-9)7(2)13/h4-5,7,13H,3H2,1-2H3. The summed E-state index contributed by atoms with van der Waals surface area (Å²) in [5.74, 6) is 0. The highest BCUT2D eigenvalue weighted by atomic mass is 32.1. The summed E-state index contributed by atoms with van der Waals surface area (Å²) in [6, 6.07) is 0. The van der Waals surface area contributed by atoms with Gasteiger partial charge in [-0.15, -0.1) is 22.7 Å². The predicted molar refractivity (Wildman–Crippen MR) is 62.4 cm³/mol. The van der Waals surface area contributed by atoms with Gasteiger partial charge in [0.25, 0.3) is 0 Å². The maximum absolute atomic E-state index is 9.36. The van der Waals surface area contributed by atoms with Crippen molar-refractivity contribution in [2.24, 2.45) is 0 Å². The molecule has 0 radical (unpaired) electrons. The number of aliphatic hydroxyl groups excluding tert-OH is 1. The van der Waals surface area contributed by atoms with Crippen LogP contribution in [0.3, 0.4) is 0 Å². The van der Waals surface area contributed by atoms with E-state index < -0.39 is 6.10 Å². The van der Waals surface area contributed by atoms with Gasteiger partial charge in [0.15, 0.2) is 0 Å². The maximum atomic E-state index is 9.36. The lowest BCUT2D eigenvalue weighted by Crippen LogP contribution is -1.85. The Balaban J connectivity index is 2.11. The van der Waals surface area contributed by atoms with E-state index in [4.69, 9.17) is 0 Å². The van der Waals surface area contributed by atoms with Gasteiger partial charge in [-0.25, -0.2) is 9.97 Å². The summed E-state index contributed by atoms with van der Waals surface area (Å²) < 4.78 is 0. The van der Waals surface area contributed by atoms with Crippen LogP contribution < -0.4 is 0 Å². The van der Waals surface area contributed by atoms with Crippen molar-refractivity contribution in [3.05, 3.63) is 32.2 Å². The Morgan fingerprint density at radius 3 is 2.80 bits per heavy atom. The zero-order valence-electron chi connectivity index (χ0n) is 8.60. The van der Waals surface area contributed by atoms with E-state index in [2.05, 4.69) is 9.97 Å². The highest BCUT2D eigenvalue weighted by molar-refractivity contribution is 7.12. The van der Waals surface area contributed by atoms with Gasteiger partial charge < -0.3 is 5.11 Å². The second kappa shape index (κ2) is 4.38. The molecule has 2 heterocycles. The molecule has 0 saturated heterocycles. The van der Waals surface area contributed by atoms with Crippen LogP contribution in [0.2, 0.25) is 0 Å². The highest BCUT2D eigenvalue weighted by Crippen LogP contribution is 2.23. The van der Waals surface area contributed by atoms with Crippen LogP contribution in [0.1, 0.15) is 33.6 Å². The Morgan fingerprint density at radius 2 is 2.27 bits per heavy atom. The normalized spacial score (nSPS) is 13.0. The predicted octanol–water partition coefficient (Wildman–Crippen LogP) is 2.55. The molecule has 0 saturated carbocycles. The molecule has 3 nitrogen and oxygen atoms in total. The Kier molecular flexibility index (Phi) is 3.14. The van der Waals surface area contributed by atoms with Gasteiger partial charge in [0.05, 0.1) is 27.4 Å². The summed E-state index contributed by atoms with van der Waals surface area (Å²) in [6.45, 7) is 3.74. The minimum atomic E-state index is -0.422. The van der Waals surface area contributed by atoms with E-state index in [1.807, 2.05) is 12.3 Å². The Hall–Kier alpha value is -0.780. The lowest BCUT2D eigenvalue weighted by molar-refractivity contribution is 0.203. The zero-order valence-corrected chi connectivity index (χ0v) is 10.2. The van der Waals surface area contributed by atoms with E-state index in [1.165, 1.54) is 0 Å². The smallest absolute Gasteiger partial charge is 0.0996 e. The number of aromatic nitrogens is 2. The summed E-state index contributed by atoms with van der Waals surface area (Å²) in [5.41, 5.74) is 1.06. The first kappa shape index (κ1) is 10.7.